The van der Waals surface area contributed by atoms with Gasteiger partial charge in [-0.2, -0.15) is 0 Å². The van der Waals surface area contributed by atoms with Gasteiger partial charge in [0.25, 0.3) is 0 Å². The molecule has 1 aromatic rings. The van der Waals surface area contributed by atoms with E-state index < -0.39 is 6.10 Å². The molecule has 4 nitrogen and oxygen atoms in total. The summed E-state index contributed by atoms with van der Waals surface area (Å²) in [4.78, 5) is 2.45. The highest BCUT2D eigenvalue weighted by molar-refractivity contribution is 5.54. The highest BCUT2D eigenvalue weighted by Gasteiger charge is 2.17. The first-order valence-electron chi connectivity index (χ1n) is 8.42. The fraction of sp³-hybridized carbons (Fsp3) is 0.667. The zero-order chi connectivity index (χ0) is 16.1. The van der Waals surface area contributed by atoms with E-state index in [4.69, 9.17) is 10.5 Å². The second-order valence-corrected chi connectivity index (χ2v) is 6.79. The van der Waals surface area contributed by atoms with E-state index in [0.717, 1.165) is 37.5 Å². The minimum Gasteiger partial charge on any atom is -0.489 e. The highest BCUT2D eigenvalue weighted by atomic mass is 16.5. The summed E-state index contributed by atoms with van der Waals surface area (Å²) in [6.07, 6.45) is 2.92. The molecule has 0 bridgehead atoms. The van der Waals surface area contributed by atoms with Crippen molar-refractivity contribution in [3.8, 4) is 5.75 Å². The first kappa shape index (κ1) is 17.1. The number of anilines is 1. The molecule has 1 fully saturated rings. The van der Waals surface area contributed by atoms with Crippen LogP contribution in [-0.4, -0.2) is 35.7 Å². The average molecular weight is 306 g/mol. The lowest BCUT2D eigenvalue weighted by Gasteiger charge is -2.30. The lowest BCUT2D eigenvalue weighted by atomic mass is 9.98. The predicted molar refractivity (Wildman–Crippen MR) is 91.0 cm³/mol. The van der Waals surface area contributed by atoms with Crippen LogP contribution in [0.4, 0.5) is 5.69 Å². The van der Waals surface area contributed by atoms with Crippen molar-refractivity contribution >= 4 is 5.69 Å². The van der Waals surface area contributed by atoms with Crippen molar-refractivity contribution in [1.29, 1.82) is 0 Å². The summed E-state index contributed by atoms with van der Waals surface area (Å²) < 4.78 is 5.63. The molecule has 1 aromatic carbocycles. The largest absolute Gasteiger partial charge is 0.489 e. The van der Waals surface area contributed by atoms with E-state index in [1.165, 1.54) is 12.8 Å². The number of hydrogen-bond donors (Lipinski definition) is 2. The molecule has 0 aromatic heterocycles. The molecule has 0 radical (unpaired) electrons. The molecule has 22 heavy (non-hydrogen) atoms. The number of aliphatic hydroxyl groups excluding tert-OH is 1. The number of nitrogen functional groups attached to an aromatic ring is 1. The fourth-order valence-electron chi connectivity index (χ4n) is 2.89. The van der Waals surface area contributed by atoms with Gasteiger partial charge in [-0.05, 0) is 69.8 Å². The normalized spacial score (nSPS) is 18.6. The Kier molecular flexibility index (Phi) is 6.09. The molecule has 1 aliphatic rings. The van der Waals surface area contributed by atoms with Crippen LogP contribution >= 0.6 is 0 Å². The number of likely N-dealkylation sites (tertiary alicyclic amines) is 1. The average Bonchev–Trinajstić information content (AvgIpc) is 2.48. The van der Waals surface area contributed by atoms with E-state index >= 15 is 0 Å². The quantitative estimate of drug-likeness (QED) is 0.792. The van der Waals surface area contributed by atoms with Crippen molar-refractivity contribution in [2.45, 2.75) is 52.2 Å². The summed E-state index contributed by atoms with van der Waals surface area (Å²) in [5.74, 6) is 1.53. The van der Waals surface area contributed by atoms with Crippen LogP contribution in [0.3, 0.4) is 0 Å². The Balaban J connectivity index is 1.87. The highest BCUT2D eigenvalue weighted by Crippen LogP contribution is 2.28. The number of nitrogens with zero attached hydrogens (tertiary/aromatic N) is 1. The van der Waals surface area contributed by atoms with Gasteiger partial charge in [-0.25, -0.2) is 0 Å². The van der Waals surface area contributed by atoms with Gasteiger partial charge < -0.3 is 20.5 Å². The first-order chi connectivity index (χ1) is 10.5. The van der Waals surface area contributed by atoms with Gasteiger partial charge in [0.15, 0.2) is 0 Å². The molecule has 0 amide bonds. The Labute approximate surface area is 134 Å². The smallest absolute Gasteiger partial charge is 0.142 e. The third-order valence-electron chi connectivity index (χ3n) is 4.38. The van der Waals surface area contributed by atoms with Gasteiger partial charge in [-0.15, -0.1) is 0 Å². The van der Waals surface area contributed by atoms with Crippen LogP contribution in [0.25, 0.3) is 0 Å². The fourth-order valence-corrected chi connectivity index (χ4v) is 2.89. The Bertz CT molecular complexity index is 468. The molecular formula is C18H30N2O2. The minimum atomic E-state index is -0.463. The first-order valence-corrected chi connectivity index (χ1v) is 8.42. The summed E-state index contributed by atoms with van der Waals surface area (Å²) in [7, 11) is 0. The predicted octanol–water partition coefficient (Wildman–Crippen LogP) is 3.21. The molecule has 1 saturated heterocycles. The SMILES string of the molecule is CC1CCN(CCC(O)c2ccc(OC(C)C)c(N)c2)CC1. The van der Waals surface area contributed by atoms with Crippen LogP contribution in [0.5, 0.6) is 5.75 Å². The molecule has 0 saturated carbocycles. The van der Waals surface area contributed by atoms with Crippen molar-refractivity contribution in [3.63, 3.8) is 0 Å². The van der Waals surface area contributed by atoms with Crippen LogP contribution in [0.15, 0.2) is 18.2 Å². The number of nitrogens with two attached hydrogens (primary N) is 1. The van der Waals surface area contributed by atoms with Crippen LogP contribution in [0.1, 0.15) is 51.7 Å². The number of ether oxygens (including phenoxy) is 1. The topological polar surface area (TPSA) is 58.7 Å². The molecule has 124 valence electrons. The van der Waals surface area contributed by atoms with E-state index in [2.05, 4.69) is 11.8 Å². The lowest BCUT2D eigenvalue weighted by Crippen LogP contribution is -2.34. The van der Waals surface area contributed by atoms with Gasteiger partial charge in [0.1, 0.15) is 5.75 Å². The van der Waals surface area contributed by atoms with Gasteiger partial charge in [0, 0.05) is 6.54 Å². The third kappa shape index (κ3) is 4.89. The number of hydrogen-bond acceptors (Lipinski definition) is 4. The maximum Gasteiger partial charge on any atom is 0.142 e. The van der Waals surface area contributed by atoms with Crippen molar-refractivity contribution in [2.75, 3.05) is 25.4 Å². The lowest BCUT2D eigenvalue weighted by molar-refractivity contribution is 0.125. The van der Waals surface area contributed by atoms with E-state index in [-0.39, 0.29) is 6.10 Å². The van der Waals surface area contributed by atoms with Crippen LogP contribution < -0.4 is 10.5 Å². The summed E-state index contributed by atoms with van der Waals surface area (Å²) >= 11 is 0. The zero-order valence-corrected chi connectivity index (χ0v) is 14.1. The van der Waals surface area contributed by atoms with E-state index in [0.29, 0.717) is 11.4 Å². The van der Waals surface area contributed by atoms with Crippen LogP contribution in [0, 0.1) is 5.92 Å². The Morgan fingerprint density at radius 3 is 2.59 bits per heavy atom. The van der Waals surface area contributed by atoms with Crippen LogP contribution in [0.2, 0.25) is 0 Å². The molecule has 0 spiro atoms. The maximum absolute atomic E-state index is 10.4. The molecule has 1 heterocycles. The Hall–Kier alpha value is -1.26. The minimum absolute atomic E-state index is 0.0968. The van der Waals surface area contributed by atoms with E-state index in [9.17, 15) is 5.11 Å². The van der Waals surface area contributed by atoms with Crippen molar-refractivity contribution in [3.05, 3.63) is 23.8 Å². The van der Waals surface area contributed by atoms with Gasteiger partial charge in [-0.3, -0.25) is 0 Å². The van der Waals surface area contributed by atoms with E-state index in [1.54, 1.807) is 0 Å². The Morgan fingerprint density at radius 1 is 1.32 bits per heavy atom. The van der Waals surface area contributed by atoms with Gasteiger partial charge in [-0.1, -0.05) is 13.0 Å². The van der Waals surface area contributed by atoms with Gasteiger partial charge in [0.2, 0.25) is 0 Å². The molecule has 1 aliphatic heterocycles. The molecule has 0 aliphatic carbocycles. The molecule has 2 rings (SSSR count). The summed E-state index contributed by atoms with van der Waals surface area (Å²) in [5.41, 5.74) is 7.48. The monoisotopic (exact) mass is 306 g/mol. The van der Waals surface area contributed by atoms with Crippen molar-refractivity contribution < 1.29 is 9.84 Å². The zero-order valence-electron chi connectivity index (χ0n) is 14.1. The summed E-state index contributed by atoms with van der Waals surface area (Å²) in [5, 5.41) is 10.4. The van der Waals surface area contributed by atoms with Gasteiger partial charge >= 0.3 is 0 Å². The summed E-state index contributed by atoms with van der Waals surface area (Å²) in [6.45, 7) is 9.51. The van der Waals surface area contributed by atoms with Crippen molar-refractivity contribution in [1.82, 2.24) is 4.90 Å². The molecular weight excluding hydrogens is 276 g/mol. The molecule has 1 atom stereocenters. The number of aliphatic hydroxyl groups is 1. The number of piperidine rings is 1. The standard InChI is InChI=1S/C18H30N2O2/c1-13(2)22-18-5-4-15(12-16(18)19)17(21)8-11-20-9-6-14(3)7-10-20/h4-5,12-14,17,21H,6-11,19H2,1-3H3. The Morgan fingerprint density at radius 2 is 2.00 bits per heavy atom. The van der Waals surface area contributed by atoms with Crippen LogP contribution in [-0.2, 0) is 0 Å². The molecule has 3 N–H and O–H groups in total. The summed E-state index contributed by atoms with van der Waals surface area (Å²) in [6, 6.07) is 5.61. The van der Waals surface area contributed by atoms with Crippen molar-refractivity contribution in [2.24, 2.45) is 5.92 Å². The molecule has 4 heteroatoms. The number of rotatable bonds is 6. The second-order valence-electron chi connectivity index (χ2n) is 6.79. The van der Waals surface area contributed by atoms with Gasteiger partial charge in [0.05, 0.1) is 17.9 Å². The molecule has 1 unspecified atom stereocenters. The number of benzene rings is 1. The second kappa shape index (κ2) is 7.84. The third-order valence-corrected chi connectivity index (χ3v) is 4.38. The maximum atomic E-state index is 10.4. The van der Waals surface area contributed by atoms with E-state index in [1.807, 2.05) is 32.0 Å².